The van der Waals surface area contributed by atoms with Gasteiger partial charge in [-0.2, -0.15) is 0 Å². The molecule has 0 aliphatic carbocycles. The van der Waals surface area contributed by atoms with Crippen LogP contribution in [0.25, 0.3) is 21.3 Å². The van der Waals surface area contributed by atoms with Gasteiger partial charge in [-0.05, 0) is 30.5 Å². The van der Waals surface area contributed by atoms with E-state index in [4.69, 9.17) is 0 Å². The molecule has 2 aromatic heterocycles. The van der Waals surface area contributed by atoms with E-state index in [1.807, 2.05) is 31.4 Å². The number of nitrogens with one attached hydrogen (secondary N) is 1. The summed E-state index contributed by atoms with van der Waals surface area (Å²) in [6, 6.07) is 6.07. The zero-order chi connectivity index (χ0) is 20.4. The maximum atomic E-state index is 13.1. The van der Waals surface area contributed by atoms with Gasteiger partial charge in [0.15, 0.2) is 0 Å². The Morgan fingerprint density at radius 2 is 2.00 bits per heavy atom. The third-order valence-electron chi connectivity index (χ3n) is 4.77. The van der Waals surface area contributed by atoms with Crippen molar-refractivity contribution in [3.05, 3.63) is 51.4 Å². The van der Waals surface area contributed by atoms with E-state index in [9.17, 15) is 14.4 Å². The third kappa shape index (κ3) is 3.82. The van der Waals surface area contributed by atoms with E-state index in [0.29, 0.717) is 10.2 Å². The second-order valence-electron chi connectivity index (χ2n) is 6.73. The fraction of sp³-hybridized carbons (Fsp3) is 0.300. The second kappa shape index (κ2) is 7.93. The van der Waals surface area contributed by atoms with Crippen LogP contribution in [0.4, 0.5) is 0 Å². The van der Waals surface area contributed by atoms with Crippen molar-refractivity contribution in [1.82, 2.24) is 19.8 Å². The number of thiophene rings is 1. The second-order valence-corrected chi connectivity index (χ2v) is 7.59. The third-order valence-corrected chi connectivity index (χ3v) is 5.66. The number of fused-ring (bicyclic) bond motifs is 1. The van der Waals surface area contributed by atoms with Crippen molar-refractivity contribution in [3.63, 3.8) is 0 Å². The lowest BCUT2D eigenvalue weighted by atomic mass is 10.0. The number of nitrogens with zero attached hydrogens (tertiary/aromatic N) is 3. The minimum Gasteiger partial charge on any atom is -0.358 e. The van der Waals surface area contributed by atoms with Gasteiger partial charge >= 0.3 is 0 Å². The molecule has 0 radical (unpaired) electrons. The monoisotopic (exact) mass is 398 g/mol. The van der Waals surface area contributed by atoms with Crippen molar-refractivity contribution in [2.24, 2.45) is 0 Å². The Kier molecular flexibility index (Phi) is 5.60. The number of amides is 2. The molecule has 1 aromatic carbocycles. The number of aromatic nitrogens is 2. The average molecular weight is 398 g/mol. The van der Waals surface area contributed by atoms with Crippen molar-refractivity contribution in [2.45, 2.75) is 20.4 Å². The first-order chi connectivity index (χ1) is 13.3. The van der Waals surface area contributed by atoms with E-state index < -0.39 is 0 Å². The van der Waals surface area contributed by atoms with E-state index in [1.165, 1.54) is 46.8 Å². The minimum atomic E-state index is -0.338. The van der Waals surface area contributed by atoms with Crippen molar-refractivity contribution in [3.8, 4) is 11.1 Å². The van der Waals surface area contributed by atoms with Crippen molar-refractivity contribution < 1.29 is 9.59 Å². The number of likely N-dealkylation sites (N-methyl/N-ethyl adjacent to an activating group) is 2. The largest absolute Gasteiger partial charge is 0.358 e. The number of carbonyl (C=O) groups is 2. The maximum absolute atomic E-state index is 13.1. The number of aryl methyl sites for hydroxylation is 2. The van der Waals surface area contributed by atoms with E-state index in [1.54, 1.807) is 0 Å². The molecular formula is C20H22N4O3S. The van der Waals surface area contributed by atoms with Crippen LogP contribution in [-0.2, 0) is 16.1 Å². The molecule has 3 rings (SSSR count). The number of hydrogen-bond donors (Lipinski definition) is 1. The summed E-state index contributed by atoms with van der Waals surface area (Å²) in [5, 5.41) is 4.90. The lowest BCUT2D eigenvalue weighted by molar-refractivity contribution is -0.135. The zero-order valence-electron chi connectivity index (χ0n) is 16.3. The molecule has 0 bridgehead atoms. The summed E-state index contributed by atoms with van der Waals surface area (Å²) in [7, 11) is 3.04. The van der Waals surface area contributed by atoms with Gasteiger partial charge in [-0.15, -0.1) is 11.3 Å². The van der Waals surface area contributed by atoms with E-state index >= 15 is 0 Å². The number of hydrogen-bond acceptors (Lipinski definition) is 5. The number of benzene rings is 1. The van der Waals surface area contributed by atoms with Crippen molar-refractivity contribution >= 4 is 33.4 Å². The molecule has 2 amide bonds. The maximum Gasteiger partial charge on any atom is 0.263 e. The topological polar surface area (TPSA) is 84.3 Å². The molecule has 146 valence electrons. The van der Waals surface area contributed by atoms with E-state index in [0.717, 1.165) is 16.7 Å². The molecule has 0 saturated heterocycles. The summed E-state index contributed by atoms with van der Waals surface area (Å²) in [5.41, 5.74) is 3.84. The molecule has 8 heteroatoms. The normalized spacial score (nSPS) is 10.9. The van der Waals surface area contributed by atoms with Gasteiger partial charge < -0.3 is 10.2 Å². The molecule has 1 N–H and O–H groups in total. The summed E-state index contributed by atoms with van der Waals surface area (Å²) < 4.78 is 1.29. The van der Waals surface area contributed by atoms with Gasteiger partial charge in [-0.3, -0.25) is 19.0 Å². The molecule has 2 heterocycles. The predicted molar refractivity (Wildman–Crippen MR) is 110 cm³/mol. The molecule has 3 aromatic rings. The van der Waals surface area contributed by atoms with Crippen LogP contribution in [0.1, 0.15) is 11.1 Å². The van der Waals surface area contributed by atoms with Crippen LogP contribution in [-0.4, -0.2) is 46.9 Å². The Labute approximate surface area is 166 Å². The van der Waals surface area contributed by atoms with Crippen molar-refractivity contribution in [1.29, 1.82) is 0 Å². The summed E-state index contributed by atoms with van der Waals surface area (Å²) in [6.07, 6.45) is 1.39. The number of rotatable bonds is 5. The van der Waals surface area contributed by atoms with Crippen molar-refractivity contribution in [2.75, 3.05) is 20.6 Å². The Morgan fingerprint density at radius 1 is 1.25 bits per heavy atom. The molecule has 28 heavy (non-hydrogen) atoms. The molecule has 0 spiro atoms. The Balaban J connectivity index is 1.97. The van der Waals surface area contributed by atoms with Crippen LogP contribution < -0.4 is 10.9 Å². The average Bonchev–Trinajstić information content (AvgIpc) is 3.10. The van der Waals surface area contributed by atoms with E-state index in [-0.39, 0.29) is 30.5 Å². The van der Waals surface area contributed by atoms with Gasteiger partial charge in [0.1, 0.15) is 11.4 Å². The summed E-state index contributed by atoms with van der Waals surface area (Å²) >= 11 is 1.41. The van der Waals surface area contributed by atoms with Crippen LogP contribution in [0.3, 0.4) is 0 Å². The first kappa shape index (κ1) is 19.8. The highest BCUT2D eigenvalue weighted by Gasteiger charge is 2.17. The first-order valence-corrected chi connectivity index (χ1v) is 9.68. The zero-order valence-corrected chi connectivity index (χ0v) is 17.1. The fourth-order valence-corrected chi connectivity index (χ4v) is 3.76. The molecule has 0 aliphatic rings. The molecule has 0 unspecified atom stereocenters. The van der Waals surface area contributed by atoms with Gasteiger partial charge in [0, 0.05) is 25.0 Å². The Hall–Kier alpha value is -3.00. The first-order valence-electron chi connectivity index (χ1n) is 8.80. The molecule has 0 saturated carbocycles. The summed E-state index contributed by atoms with van der Waals surface area (Å²) in [6.45, 7) is 3.84. The summed E-state index contributed by atoms with van der Waals surface area (Å²) in [5.74, 6) is -0.610. The van der Waals surface area contributed by atoms with Crippen LogP contribution >= 0.6 is 11.3 Å². The Bertz CT molecular complexity index is 1120. The molecule has 7 nitrogen and oxygen atoms in total. The van der Waals surface area contributed by atoms with Gasteiger partial charge in [-0.25, -0.2) is 4.98 Å². The SMILES string of the molecule is CNC(=O)CN(C)C(=O)Cn1cnc2scc(-c3ccc(C)c(C)c3)c2c1=O. The molecule has 0 atom stereocenters. The molecular weight excluding hydrogens is 376 g/mol. The van der Waals surface area contributed by atoms with Gasteiger partial charge in [0.25, 0.3) is 5.56 Å². The standard InChI is InChI=1S/C20H22N4O3S/c1-12-5-6-14(7-13(12)2)15-10-28-19-18(15)20(27)24(11-22-19)9-17(26)23(4)8-16(25)21-3/h5-7,10-11H,8-9H2,1-4H3,(H,21,25). The van der Waals surface area contributed by atoms with Gasteiger partial charge in [0.2, 0.25) is 11.8 Å². The predicted octanol–water partition coefficient (Wildman–Crippen LogP) is 1.95. The smallest absolute Gasteiger partial charge is 0.263 e. The highest BCUT2D eigenvalue weighted by atomic mass is 32.1. The quantitative estimate of drug-likeness (QED) is 0.712. The summed E-state index contributed by atoms with van der Waals surface area (Å²) in [4.78, 5) is 43.2. The van der Waals surface area contributed by atoms with Gasteiger partial charge in [-0.1, -0.05) is 18.2 Å². The lowest BCUT2D eigenvalue weighted by Gasteiger charge is -2.16. The molecule has 0 aliphatic heterocycles. The van der Waals surface area contributed by atoms with Crippen LogP contribution in [0.15, 0.2) is 34.7 Å². The highest BCUT2D eigenvalue weighted by Crippen LogP contribution is 2.31. The Morgan fingerprint density at radius 3 is 2.68 bits per heavy atom. The van der Waals surface area contributed by atoms with Crippen LogP contribution in [0.2, 0.25) is 0 Å². The fourth-order valence-electron chi connectivity index (χ4n) is 2.85. The lowest BCUT2D eigenvalue weighted by Crippen LogP contribution is -2.39. The van der Waals surface area contributed by atoms with Crippen LogP contribution in [0.5, 0.6) is 0 Å². The van der Waals surface area contributed by atoms with E-state index in [2.05, 4.69) is 16.4 Å². The number of carbonyl (C=O) groups excluding carboxylic acids is 2. The molecule has 0 fully saturated rings. The minimum absolute atomic E-state index is 0.0634. The van der Waals surface area contributed by atoms with Gasteiger partial charge in [0.05, 0.1) is 18.3 Å². The highest BCUT2D eigenvalue weighted by molar-refractivity contribution is 7.17. The van der Waals surface area contributed by atoms with Crippen LogP contribution in [0, 0.1) is 13.8 Å².